The Hall–Kier alpha value is -2.76. The van der Waals surface area contributed by atoms with E-state index in [9.17, 15) is 8.78 Å². The molecule has 1 heterocycles. The van der Waals surface area contributed by atoms with Crippen LogP contribution in [0.25, 0.3) is 0 Å². The van der Waals surface area contributed by atoms with Crippen molar-refractivity contribution in [3.05, 3.63) is 63.2 Å². The first-order valence-corrected chi connectivity index (χ1v) is 12.9. The van der Waals surface area contributed by atoms with Crippen molar-refractivity contribution in [3.8, 4) is 23.0 Å². The molecule has 0 aromatic heterocycles. The minimum atomic E-state index is -3.86. The van der Waals surface area contributed by atoms with Crippen LogP contribution in [0.1, 0.15) is 27.8 Å². The summed E-state index contributed by atoms with van der Waals surface area (Å²) in [5.74, 6) is 0.861. The number of hydrogen-bond acceptors (Lipinski definition) is 5. The number of fused-ring (bicyclic) bond motifs is 1. The first-order valence-electron chi connectivity index (χ1n) is 10.8. The van der Waals surface area contributed by atoms with Crippen LogP contribution in [0.4, 0.5) is 8.78 Å². The third-order valence-electron chi connectivity index (χ3n) is 6.15. The maximum absolute atomic E-state index is 15.3. The Kier molecular flexibility index (Phi) is 6.31. The van der Waals surface area contributed by atoms with Gasteiger partial charge in [-0.2, -0.15) is 0 Å². The Morgan fingerprint density at radius 3 is 1.54 bits per heavy atom. The smallest absolute Gasteiger partial charge is 0.496 e. The molecular weight excluding hydrogens is 497 g/mol. The molecule has 0 saturated heterocycles. The van der Waals surface area contributed by atoms with Gasteiger partial charge in [-0.05, 0) is 92.8 Å². The molecule has 0 amide bonds. The van der Waals surface area contributed by atoms with E-state index in [0.29, 0.717) is 27.7 Å². The van der Waals surface area contributed by atoms with Crippen LogP contribution in [0.2, 0.25) is 5.02 Å². The van der Waals surface area contributed by atoms with Crippen molar-refractivity contribution in [1.82, 2.24) is 0 Å². The average molecular weight is 523 g/mol. The van der Waals surface area contributed by atoms with Crippen molar-refractivity contribution in [2.24, 2.45) is 0 Å². The first-order chi connectivity index (χ1) is 16.3. The van der Waals surface area contributed by atoms with Crippen LogP contribution in [0.15, 0.2) is 30.3 Å². The molecule has 186 valence electrons. The maximum atomic E-state index is 15.3. The molecule has 1 aliphatic heterocycles. The molecule has 0 spiro atoms. The van der Waals surface area contributed by atoms with Crippen LogP contribution in [0.5, 0.6) is 23.0 Å². The number of halogens is 3. The van der Waals surface area contributed by atoms with E-state index in [2.05, 4.69) is 4.74 Å². The predicted molar refractivity (Wildman–Crippen MR) is 134 cm³/mol. The van der Waals surface area contributed by atoms with Crippen molar-refractivity contribution < 1.29 is 32.3 Å². The Labute approximate surface area is 208 Å². The van der Waals surface area contributed by atoms with Gasteiger partial charge < -0.3 is 23.5 Å². The number of aryl methyl sites for hydroxylation is 5. The summed E-state index contributed by atoms with van der Waals surface area (Å²) < 4.78 is 63.6. The normalized spacial score (nSPS) is 14.2. The topological polar surface area (TPSA) is 54.0 Å². The van der Waals surface area contributed by atoms with E-state index >= 15 is 4.57 Å². The highest BCUT2D eigenvalue weighted by molar-refractivity contribution is 7.85. The SMILES string of the molecule is COc1c(C)cc(P(=O)(c2cc(C)c(OC)c(C)c2)c2cc(C)c3c(c2Cl)OC(F)(F)O3)cc1C. The second-order valence-electron chi connectivity index (χ2n) is 8.69. The average Bonchev–Trinajstić information content (AvgIpc) is 3.11. The van der Waals surface area contributed by atoms with E-state index in [1.165, 1.54) is 6.07 Å². The molecule has 0 N–H and O–H groups in total. The van der Waals surface area contributed by atoms with Crippen molar-refractivity contribution in [3.63, 3.8) is 0 Å². The summed E-state index contributed by atoms with van der Waals surface area (Å²) in [6, 6.07) is 8.67. The lowest BCUT2D eigenvalue weighted by Crippen LogP contribution is -2.28. The van der Waals surface area contributed by atoms with Gasteiger partial charge >= 0.3 is 6.29 Å². The second kappa shape index (κ2) is 8.72. The molecule has 3 aromatic rings. The standard InChI is InChI=1S/C26H26ClF2O5P/c1-13-8-18(9-14(2)22(13)31-6)35(30,19-10-15(3)23(32-7)16(4)11-19)20-12-17(5)24-25(21(20)27)34-26(28,29)33-24/h8-12H,1-7H3. The maximum Gasteiger partial charge on any atom is 0.586 e. The Morgan fingerprint density at radius 1 is 0.743 bits per heavy atom. The van der Waals surface area contributed by atoms with E-state index in [-0.39, 0.29) is 21.8 Å². The van der Waals surface area contributed by atoms with Crippen LogP contribution < -0.4 is 34.9 Å². The highest BCUT2D eigenvalue weighted by Crippen LogP contribution is 2.53. The van der Waals surface area contributed by atoms with Crippen molar-refractivity contribution in [2.45, 2.75) is 40.9 Å². The van der Waals surface area contributed by atoms with Crippen LogP contribution in [0.3, 0.4) is 0 Å². The van der Waals surface area contributed by atoms with Crippen LogP contribution in [-0.4, -0.2) is 20.5 Å². The van der Waals surface area contributed by atoms with E-state index < -0.39 is 13.4 Å². The van der Waals surface area contributed by atoms with Crippen molar-refractivity contribution in [2.75, 3.05) is 14.2 Å². The van der Waals surface area contributed by atoms with Crippen LogP contribution in [-0.2, 0) is 4.57 Å². The summed E-state index contributed by atoms with van der Waals surface area (Å²) in [4.78, 5) is 0. The van der Waals surface area contributed by atoms with Gasteiger partial charge in [0.15, 0.2) is 18.6 Å². The molecule has 0 radical (unpaired) electrons. The number of rotatable bonds is 5. The van der Waals surface area contributed by atoms with Crippen LogP contribution >= 0.6 is 18.7 Å². The summed E-state index contributed by atoms with van der Waals surface area (Å²) in [5, 5.41) is 0.987. The molecule has 9 heteroatoms. The van der Waals surface area contributed by atoms with Gasteiger partial charge in [0.1, 0.15) is 11.5 Å². The fourth-order valence-electron chi connectivity index (χ4n) is 4.72. The van der Waals surface area contributed by atoms with E-state index in [4.69, 9.17) is 25.8 Å². The highest BCUT2D eigenvalue weighted by Gasteiger charge is 2.47. The summed E-state index contributed by atoms with van der Waals surface area (Å²) >= 11 is 6.65. The van der Waals surface area contributed by atoms with Crippen LogP contribution in [0, 0.1) is 34.6 Å². The van der Waals surface area contributed by atoms with Gasteiger partial charge in [-0.1, -0.05) is 11.6 Å². The fraction of sp³-hybridized carbons (Fsp3) is 0.308. The van der Waals surface area contributed by atoms with Gasteiger partial charge in [0.05, 0.1) is 19.2 Å². The van der Waals surface area contributed by atoms with Gasteiger partial charge in [0, 0.05) is 15.9 Å². The van der Waals surface area contributed by atoms with E-state index in [0.717, 1.165) is 22.3 Å². The minimum Gasteiger partial charge on any atom is -0.496 e. The summed E-state index contributed by atoms with van der Waals surface area (Å²) in [5.41, 5.74) is 3.46. The zero-order valence-corrected chi connectivity index (χ0v) is 22.2. The zero-order chi connectivity index (χ0) is 25.9. The molecule has 3 aromatic carbocycles. The molecule has 35 heavy (non-hydrogen) atoms. The molecular formula is C26H26ClF2O5P. The summed E-state index contributed by atoms with van der Waals surface area (Å²) in [6.07, 6.45) is -3.86. The first kappa shape index (κ1) is 25.3. The molecule has 0 atom stereocenters. The molecule has 0 bridgehead atoms. The molecule has 0 saturated carbocycles. The monoisotopic (exact) mass is 522 g/mol. The van der Waals surface area contributed by atoms with Crippen molar-refractivity contribution in [1.29, 1.82) is 0 Å². The predicted octanol–water partition coefficient (Wildman–Crippen LogP) is 5.86. The second-order valence-corrected chi connectivity index (χ2v) is 11.8. The highest BCUT2D eigenvalue weighted by atomic mass is 35.5. The lowest BCUT2D eigenvalue weighted by molar-refractivity contribution is -0.286. The van der Waals surface area contributed by atoms with Gasteiger partial charge in [-0.3, -0.25) is 0 Å². The molecule has 4 rings (SSSR count). The Bertz CT molecular complexity index is 1290. The Balaban J connectivity index is 2.10. The lowest BCUT2D eigenvalue weighted by Gasteiger charge is -2.25. The third kappa shape index (κ3) is 4.05. The molecule has 0 fully saturated rings. The van der Waals surface area contributed by atoms with Gasteiger partial charge in [0.2, 0.25) is 0 Å². The minimum absolute atomic E-state index is 0.167. The zero-order valence-electron chi connectivity index (χ0n) is 20.5. The lowest BCUT2D eigenvalue weighted by atomic mass is 10.1. The summed E-state index contributed by atoms with van der Waals surface area (Å²) in [6.45, 7) is 9.02. The Morgan fingerprint density at radius 2 is 1.14 bits per heavy atom. The summed E-state index contributed by atoms with van der Waals surface area (Å²) in [7, 11) is -0.562. The van der Waals surface area contributed by atoms with E-state index in [1.54, 1.807) is 45.4 Å². The number of ether oxygens (including phenoxy) is 4. The van der Waals surface area contributed by atoms with Gasteiger partial charge in [-0.15, -0.1) is 8.78 Å². The fourth-order valence-corrected chi connectivity index (χ4v) is 8.37. The molecule has 0 unspecified atom stereocenters. The van der Waals surface area contributed by atoms with Crippen molar-refractivity contribution >= 4 is 34.7 Å². The van der Waals surface area contributed by atoms with Gasteiger partial charge in [0.25, 0.3) is 0 Å². The quantitative estimate of drug-likeness (QED) is 0.393. The van der Waals surface area contributed by atoms with Gasteiger partial charge in [-0.25, -0.2) is 0 Å². The number of hydrogen-bond donors (Lipinski definition) is 0. The third-order valence-corrected chi connectivity index (χ3v) is 9.66. The molecule has 1 aliphatic rings. The number of benzene rings is 3. The molecule has 5 nitrogen and oxygen atoms in total. The molecule has 0 aliphatic carbocycles. The number of methoxy groups -OCH3 is 2. The van der Waals surface area contributed by atoms with E-state index in [1.807, 2.05) is 27.7 Å². The largest absolute Gasteiger partial charge is 0.586 e. The number of alkyl halides is 2.